The fourth-order valence-corrected chi connectivity index (χ4v) is 2.44. The molecular formula is C14H15F2NO3. The zero-order valence-electron chi connectivity index (χ0n) is 10.7. The van der Waals surface area contributed by atoms with Crippen LogP contribution in [0.5, 0.6) is 0 Å². The average Bonchev–Trinajstić information content (AvgIpc) is 2.87. The summed E-state index contributed by atoms with van der Waals surface area (Å²) in [7, 11) is 0. The van der Waals surface area contributed by atoms with Gasteiger partial charge >= 0.3 is 5.97 Å². The van der Waals surface area contributed by atoms with E-state index in [0.29, 0.717) is 19.3 Å². The van der Waals surface area contributed by atoms with Crippen LogP contribution in [0.3, 0.4) is 0 Å². The molecular weight excluding hydrogens is 268 g/mol. The Morgan fingerprint density at radius 2 is 1.95 bits per heavy atom. The van der Waals surface area contributed by atoms with Gasteiger partial charge in [-0.3, -0.25) is 9.59 Å². The molecule has 0 aliphatic heterocycles. The molecule has 1 aliphatic carbocycles. The standard InChI is InChI=1S/C14H15F2NO3/c15-11-4-3-10(12(16)6-11)7-17-13(18)8-1-2-9(5-8)14(19)20/h3-4,6,8-9H,1-2,5,7H2,(H,17,18)(H,19,20)/t8-,9+/m1/s1. The van der Waals surface area contributed by atoms with Gasteiger partial charge in [0.15, 0.2) is 0 Å². The number of carboxylic acids is 1. The van der Waals surface area contributed by atoms with Gasteiger partial charge in [0, 0.05) is 24.1 Å². The van der Waals surface area contributed by atoms with E-state index >= 15 is 0 Å². The summed E-state index contributed by atoms with van der Waals surface area (Å²) in [5, 5.41) is 11.4. The van der Waals surface area contributed by atoms with Crippen molar-refractivity contribution in [2.24, 2.45) is 11.8 Å². The number of aliphatic carboxylic acids is 1. The average molecular weight is 283 g/mol. The maximum absolute atomic E-state index is 13.4. The Morgan fingerprint density at radius 1 is 1.25 bits per heavy atom. The van der Waals surface area contributed by atoms with E-state index in [1.165, 1.54) is 6.07 Å². The van der Waals surface area contributed by atoms with Gasteiger partial charge in [-0.2, -0.15) is 0 Å². The van der Waals surface area contributed by atoms with Crippen molar-refractivity contribution < 1.29 is 23.5 Å². The van der Waals surface area contributed by atoms with Crippen molar-refractivity contribution in [1.82, 2.24) is 5.32 Å². The highest BCUT2D eigenvalue weighted by atomic mass is 19.1. The largest absolute Gasteiger partial charge is 0.481 e. The first-order valence-electron chi connectivity index (χ1n) is 6.42. The Bertz CT molecular complexity index is 533. The molecule has 0 saturated heterocycles. The lowest BCUT2D eigenvalue weighted by Gasteiger charge is -2.11. The maximum Gasteiger partial charge on any atom is 0.306 e. The van der Waals surface area contributed by atoms with Crippen LogP contribution in [-0.2, 0) is 16.1 Å². The second kappa shape index (κ2) is 5.98. The van der Waals surface area contributed by atoms with E-state index in [-0.39, 0.29) is 23.9 Å². The normalized spacial score (nSPS) is 21.7. The van der Waals surface area contributed by atoms with Crippen LogP contribution in [0.25, 0.3) is 0 Å². The quantitative estimate of drug-likeness (QED) is 0.889. The number of halogens is 2. The first-order valence-corrected chi connectivity index (χ1v) is 6.42. The summed E-state index contributed by atoms with van der Waals surface area (Å²) in [5.74, 6) is -3.37. The van der Waals surface area contributed by atoms with Gasteiger partial charge in [0.2, 0.25) is 5.91 Å². The summed E-state index contributed by atoms with van der Waals surface area (Å²) < 4.78 is 26.1. The van der Waals surface area contributed by atoms with E-state index in [1.54, 1.807) is 0 Å². The topological polar surface area (TPSA) is 66.4 Å². The molecule has 2 N–H and O–H groups in total. The number of nitrogens with one attached hydrogen (secondary N) is 1. The minimum Gasteiger partial charge on any atom is -0.481 e. The smallest absolute Gasteiger partial charge is 0.306 e. The number of benzene rings is 1. The fourth-order valence-electron chi connectivity index (χ4n) is 2.44. The summed E-state index contributed by atoms with van der Waals surface area (Å²) in [4.78, 5) is 22.7. The van der Waals surface area contributed by atoms with Gasteiger partial charge in [0.1, 0.15) is 11.6 Å². The van der Waals surface area contributed by atoms with E-state index in [9.17, 15) is 18.4 Å². The molecule has 2 rings (SSSR count). The van der Waals surface area contributed by atoms with Crippen LogP contribution in [0.4, 0.5) is 8.78 Å². The maximum atomic E-state index is 13.4. The van der Waals surface area contributed by atoms with Crippen molar-refractivity contribution in [3.05, 3.63) is 35.4 Å². The van der Waals surface area contributed by atoms with Crippen LogP contribution in [0, 0.1) is 23.5 Å². The lowest BCUT2D eigenvalue weighted by atomic mass is 10.0. The Hall–Kier alpha value is -1.98. The van der Waals surface area contributed by atoms with E-state index in [2.05, 4.69) is 5.32 Å². The van der Waals surface area contributed by atoms with Crippen molar-refractivity contribution in [2.45, 2.75) is 25.8 Å². The number of rotatable bonds is 4. The van der Waals surface area contributed by atoms with Gasteiger partial charge in [-0.25, -0.2) is 8.78 Å². The number of carboxylic acid groups (broad SMARTS) is 1. The minimum absolute atomic E-state index is 0.0286. The predicted molar refractivity (Wildman–Crippen MR) is 66.7 cm³/mol. The molecule has 20 heavy (non-hydrogen) atoms. The zero-order chi connectivity index (χ0) is 14.7. The van der Waals surface area contributed by atoms with Gasteiger partial charge in [-0.1, -0.05) is 6.07 Å². The van der Waals surface area contributed by atoms with Crippen LogP contribution in [-0.4, -0.2) is 17.0 Å². The fraction of sp³-hybridized carbons (Fsp3) is 0.429. The number of carbonyl (C=O) groups is 2. The summed E-state index contributed by atoms with van der Waals surface area (Å²) in [6.07, 6.45) is 1.32. The summed E-state index contributed by atoms with van der Waals surface area (Å²) in [5.41, 5.74) is 0.201. The molecule has 6 heteroatoms. The molecule has 1 aliphatic rings. The van der Waals surface area contributed by atoms with E-state index < -0.39 is 23.5 Å². The molecule has 0 radical (unpaired) electrons. The molecule has 1 aromatic carbocycles. The first kappa shape index (κ1) is 14.4. The number of amides is 1. The molecule has 1 saturated carbocycles. The number of hydrogen-bond acceptors (Lipinski definition) is 2. The summed E-state index contributed by atoms with van der Waals surface area (Å²) >= 11 is 0. The molecule has 108 valence electrons. The Morgan fingerprint density at radius 3 is 2.55 bits per heavy atom. The predicted octanol–water partition coefficient (Wildman–Crippen LogP) is 2.08. The molecule has 0 heterocycles. The zero-order valence-corrected chi connectivity index (χ0v) is 10.7. The molecule has 1 amide bonds. The van der Waals surface area contributed by atoms with Gasteiger partial charge in [0.25, 0.3) is 0 Å². The van der Waals surface area contributed by atoms with Crippen molar-refractivity contribution in [2.75, 3.05) is 0 Å². The minimum atomic E-state index is -0.884. The third kappa shape index (κ3) is 3.31. The van der Waals surface area contributed by atoms with Crippen molar-refractivity contribution >= 4 is 11.9 Å². The number of carbonyl (C=O) groups excluding carboxylic acids is 1. The van der Waals surface area contributed by atoms with E-state index in [4.69, 9.17) is 5.11 Å². The lowest BCUT2D eigenvalue weighted by Crippen LogP contribution is -2.29. The van der Waals surface area contributed by atoms with Crippen LogP contribution in [0.15, 0.2) is 18.2 Å². The second-order valence-electron chi connectivity index (χ2n) is 5.00. The molecule has 2 atom stereocenters. The van der Waals surface area contributed by atoms with Gasteiger partial charge < -0.3 is 10.4 Å². The molecule has 4 nitrogen and oxygen atoms in total. The molecule has 0 spiro atoms. The van der Waals surface area contributed by atoms with Crippen LogP contribution in [0.1, 0.15) is 24.8 Å². The highest BCUT2D eigenvalue weighted by molar-refractivity contribution is 5.80. The summed E-state index contributed by atoms with van der Waals surface area (Å²) in [6.45, 7) is -0.0286. The van der Waals surface area contributed by atoms with Gasteiger partial charge in [0.05, 0.1) is 5.92 Å². The summed E-state index contributed by atoms with van der Waals surface area (Å²) in [6, 6.07) is 3.16. The highest BCUT2D eigenvalue weighted by Crippen LogP contribution is 2.31. The molecule has 0 bridgehead atoms. The van der Waals surface area contributed by atoms with Crippen LogP contribution in [0.2, 0.25) is 0 Å². The van der Waals surface area contributed by atoms with Crippen LogP contribution >= 0.6 is 0 Å². The molecule has 1 aromatic rings. The second-order valence-corrected chi connectivity index (χ2v) is 5.00. The van der Waals surface area contributed by atoms with E-state index in [1.807, 2.05) is 0 Å². The third-order valence-corrected chi connectivity index (χ3v) is 3.62. The SMILES string of the molecule is O=C(O)[C@H]1CC[C@@H](C(=O)NCc2ccc(F)cc2F)C1. The van der Waals surface area contributed by atoms with Gasteiger partial charge in [-0.05, 0) is 25.3 Å². The Labute approximate surface area is 114 Å². The van der Waals surface area contributed by atoms with Crippen molar-refractivity contribution in [3.63, 3.8) is 0 Å². The first-order chi connectivity index (χ1) is 9.47. The molecule has 0 unspecified atom stereocenters. The third-order valence-electron chi connectivity index (χ3n) is 3.62. The van der Waals surface area contributed by atoms with Gasteiger partial charge in [-0.15, -0.1) is 0 Å². The lowest BCUT2D eigenvalue weighted by molar-refractivity contribution is -0.141. The monoisotopic (exact) mass is 283 g/mol. The van der Waals surface area contributed by atoms with E-state index in [0.717, 1.165) is 12.1 Å². The van der Waals surface area contributed by atoms with Crippen molar-refractivity contribution in [3.8, 4) is 0 Å². The molecule has 0 aromatic heterocycles. The van der Waals surface area contributed by atoms with Crippen LogP contribution < -0.4 is 5.32 Å². The molecule has 1 fully saturated rings. The van der Waals surface area contributed by atoms with Crippen molar-refractivity contribution in [1.29, 1.82) is 0 Å². The Balaban J connectivity index is 1.88. The Kier molecular flexibility index (Phi) is 4.32. The highest BCUT2D eigenvalue weighted by Gasteiger charge is 2.33. The number of hydrogen-bond donors (Lipinski definition) is 2.